The minimum Gasteiger partial charge on any atom is -0.324 e. The van der Waals surface area contributed by atoms with Crippen molar-refractivity contribution in [2.45, 2.75) is 37.0 Å². The van der Waals surface area contributed by atoms with E-state index >= 15 is 0 Å². The summed E-state index contributed by atoms with van der Waals surface area (Å²) in [6.45, 7) is 0. The van der Waals surface area contributed by atoms with E-state index in [1.54, 1.807) is 12.1 Å². The van der Waals surface area contributed by atoms with Crippen LogP contribution in [0.1, 0.15) is 37.3 Å². The van der Waals surface area contributed by atoms with E-state index < -0.39 is 9.84 Å². The zero-order valence-electron chi connectivity index (χ0n) is 11.0. The van der Waals surface area contributed by atoms with Gasteiger partial charge in [0.1, 0.15) is 15.7 Å². The average molecular weight is 285 g/mol. The molecule has 0 saturated heterocycles. The molecule has 1 fully saturated rings. The van der Waals surface area contributed by atoms with Gasteiger partial charge in [0, 0.05) is 12.3 Å². The molecular weight excluding hydrogens is 265 g/mol. The standard InChI is InChI=1S/C14H20FNO2S/c1-19(17,18)13-7-3-5-11(9-13)14(16)10-4-2-6-12(15)8-10/h2,4,6,8,11,13-14H,3,5,7,9,16H2,1H3. The van der Waals surface area contributed by atoms with Crippen LogP contribution in [0.15, 0.2) is 24.3 Å². The van der Waals surface area contributed by atoms with Crippen LogP contribution >= 0.6 is 0 Å². The third-order valence-electron chi connectivity index (χ3n) is 4.01. The summed E-state index contributed by atoms with van der Waals surface area (Å²) in [5.74, 6) is -0.196. The molecule has 19 heavy (non-hydrogen) atoms. The van der Waals surface area contributed by atoms with Crippen molar-refractivity contribution in [3.8, 4) is 0 Å². The maximum atomic E-state index is 13.2. The SMILES string of the molecule is CS(=O)(=O)C1CCCC(C(N)c2cccc(F)c2)C1. The predicted octanol–water partition coefficient (Wildman–Crippen LogP) is 2.43. The molecule has 106 valence electrons. The summed E-state index contributed by atoms with van der Waals surface area (Å²) >= 11 is 0. The molecule has 0 amide bonds. The normalized spacial score (nSPS) is 26.1. The second kappa shape index (κ2) is 5.59. The quantitative estimate of drug-likeness (QED) is 0.928. The number of sulfone groups is 1. The number of halogens is 1. The molecule has 3 atom stereocenters. The molecule has 3 unspecified atom stereocenters. The maximum absolute atomic E-state index is 13.2. The molecule has 0 radical (unpaired) electrons. The van der Waals surface area contributed by atoms with Gasteiger partial charge in [0.15, 0.2) is 0 Å². The van der Waals surface area contributed by atoms with Crippen molar-refractivity contribution in [2.75, 3.05) is 6.26 Å². The first kappa shape index (κ1) is 14.5. The lowest BCUT2D eigenvalue weighted by molar-refractivity contribution is 0.308. The fourth-order valence-corrected chi connectivity index (χ4v) is 4.07. The highest BCUT2D eigenvalue weighted by Gasteiger charge is 2.32. The lowest BCUT2D eigenvalue weighted by Gasteiger charge is -2.32. The number of nitrogens with two attached hydrogens (primary N) is 1. The fourth-order valence-electron chi connectivity index (χ4n) is 2.88. The number of benzene rings is 1. The van der Waals surface area contributed by atoms with Crippen molar-refractivity contribution >= 4 is 9.84 Å². The average Bonchev–Trinajstić information content (AvgIpc) is 2.37. The Labute approximate surface area is 113 Å². The Hall–Kier alpha value is -0.940. The van der Waals surface area contributed by atoms with E-state index in [0.29, 0.717) is 12.8 Å². The molecule has 5 heteroatoms. The second-order valence-electron chi connectivity index (χ2n) is 5.46. The molecular formula is C14H20FNO2S. The van der Waals surface area contributed by atoms with Gasteiger partial charge in [-0.2, -0.15) is 0 Å². The number of hydrogen-bond donors (Lipinski definition) is 1. The van der Waals surface area contributed by atoms with Crippen molar-refractivity contribution < 1.29 is 12.8 Å². The van der Waals surface area contributed by atoms with Crippen LogP contribution in [0.5, 0.6) is 0 Å². The molecule has 1 aromatic rings. The Morgan fingerprint density at radius 2 is 2.11 bits per heavy atom. The lowest BCUT2D eigenvalue weighted by atomic mass is 9.81. The first-order chi connectivity index (χ1) is 8.88. The van der Waals surface area contributed by atoms with Crippen LogP contribution in [0, 0.1) is 11.7 Å². The van der Waals surface area contributed by atoms with Crippen molar-refractivity contribution in [1.82, 2.24) is 0 Å². The number of rotatable bonds is 3. The Morgan fingerprint density at radius 1 is 1.37 bits per heavy atom. The summed E-state index contributed by atoms with van der Waals surface area (Å²) in [4.78, 5) is 0. The molecule has 2 N–H and O–H groups in total. The van der Waals surface area contributed by atoms with Gasteiger partial charge in [-0.15, -0.1) is 0 Å². The van der Waals surface area contributed by atoms with E-state index in [1.807, 2.05) is 0 Å². The fraction of sp³-hybridized carbons (Fsp3) is 0.571. The van der Waals surface area contributed by atoms with Gasteiger partial charge in [0.05, 0.1) is 5.25 Å². The van der Waals surface area contributed by atoms with Gasteiger partial charge in [-0.25, -0.2) is 12.8 Å². The van der Waals surface area contributed by atoms with E-state index in [0.717, 1.165) is 18.4 Å². The monoisotopic (exact) mass is 285 g/mol. The van der Waals surface area contributed by atoms with Crippen molar-refractivity contribution in [1.29, 1.82) is 0 Å². The summed E-state index contributed by atoms with van der Waals surface area (Å²) < 4.78 is 36.5. The van der Waals surface area contributed by atoms with E-state index in [-0.39, 0.29) is 23.0 Å². The predicted molar refractivity (Wildman–Crippen MR) is 73.9 cm³/mol. The van der Waals surface area contributed by atoms with Gasteiger partial charge in [-0.3, -0.25) is 0 Å². The molecule has 2 rings (SSSR count). The first-order valence-electron chi connectivity index (χ1n) is 6.58. The van der Waals surface area contributed by atoms with Gasteiger partial charge >= 0.3 is 0 Å². The van der Waals surface area contributed by atoms with Crippen LogP contribution in [0.4, 0.5) is 4.39 Å². The van der Waals surface area contributed by atoms with Crippen molar-refractivity contribution in [2.24, 2.45) is 11.7 Å². The molecule has 0 spiro atoms. The lowest BCUT2D eigenvalue weighted by Crippen LogP contribution is -2.33. The molecule has 0 bridgehead atoms. The third-order valence-corrected chi connectivity index (χ3v) is 5.65. The minimum absolute atomic E-state index is 0.107. The molecule has 0 aromatic heterocycles. The van der Waals surface area contributed by atoms with E-state index in [9.17, 15) is 12.8 Å². The largest absolute Gasteiger partial charge is 0.324 e. The molecule has 0 aliphatic heterocycles. The summed E-state index contributed by atoms with van der Waals surface area (Å²) in [7, 11) is -3.01. The second-order valence-corrected chi connectivity index (χ2v) is 7.78. The molecule has 1 aliphatic carbocycles. The highest BCUT2D eigenvalue weighted by molar-refractivity contribution is 7.91. The van der Waals surface area contributed by atoms with Crippen molar-refractivity contribution in [3.05, 3.63) is 35.6 Å². The first-order valence-corrected chi connectivity index (χ1v) is 8.53. The van der Waals surface area contributed by atoms with Crippen LogP contribution in [0.2, 0.25) is 0 Å². The zero-order valence-corrected chi connectivity index (χ0v) is 11.9. The van der Waals surface area contributed by atoms with Crippen LogP contribution in [-0.4, -0.2) is 19.9 Å². The maximum Gasteiger partial charge on any atom is 0.150 e. The van der Waals surface area contributed by atoms with Gasteiger partial charge < -0.3 is 5.73 Å². The van der Waals surface area contributed by atoms with Gasteiger partial charge in [-0.1, -0.05) is 18.6 Å². The van der Waals surface area contributed by atoms with Gasteiger partial charge in [-0.05, 0) is 42.9 Å². The number of hydrogen-bond acceptors (Lipinski definition) is 3. The Balaban J connectivity index is 2.13. The summed E-state index contributed by atoms with van der Waals surface area (Å²) in [5.41, 5.74) is 6.93. The highest BCUT2D eigenvalue weighted by Crippen LogP contribution is 2.35. The Morgan fingerprint density at radius 3 is 2.74 bits per heavy atom. The van der Waals surface area contributed by atoms with Crippen molar-refractivity contribution in [3.63, 3.8) is 0 Å². The molecule has 0 heterocycles. The van der Waals surface area contributed by atoms with E-state index in [2.05, 4.69) is 0 Å². The van der Waals surface area contributed by atoms with Gasteiger partial charge in [0.25, 0.3) is 0 Å². The Kier molecular flexibility index (Phi) is 4.26. The van der Waals surface area contributed by atoms with Crippen LogP contribution < -0.4 is 5.73 Å². The topological polar surface area (TPSA) is 60.2 Å². The van der Waals surface area contributed by atoms with E-state index in [4.69, 9.17) is 5.73 Å². The third kappa shape index (κ3) is 3.54. The molecule has 1 aliphatic rings. The molecule has 3 nitrogen and oxygen atoms in total. The summed E-state index contributed by atoms with van der Waals surface area (Å²) in [6, 6.07) is 5.98. The summed E-state index contributed by atoms with van der Waals surface area (Å²) in [5, 5.41) is -0.300. The van der Waals surface area contributed by atoms with Gasteiger partial charge in [0.2, 0.25) is 0 Å². The molecule has 1 aromatic carbocycles. The van der Waals surface area contributed by atoms with Crippen LogP contribution in [0.25, 0.3) is 0 Å². The van der Waals surface area contributed by atoms with Crippen LogP contribution in [-0.2, 0) is 9.84 Å². The summed E-state index contributed by atoms with van der Waals surface area (Å²) in [6.07, 6.45) is 4.35. The zero-order chi connectivity index (χ0) is 14.0. The minimum atomic E-state index is -3.01. The Bertz CT molecular complexity index is 544. The molecule has 1 saturated carbocycles. The van der Waals surface area contributed by atoms with Crippen LogP contribution in [0.3, 0.4) is 0 Å². The smallest absolute Gasteiger partial charge is 0.150 e. The van der Waals surface area contributed by atoms with E-state index in [1.165, 1.54) is 18.4 Å². The highest BCUT2D eigenvalue weighted by atomic mass is 32.2.